The maximum atomic E-state index is 12.4. The average Bonchev–Trinajstić information content (AvgIpc) is 3.49. The first-order chi connectivity index (χ1) is 16.0. The van der Waals surface area contributed by atoms with Crippen LogP contribution < -0.4 is 4.74 Å². The molecule has 0 N–H and O–H groups in total. The maximum absolute atomic E-state index is 12.4. The minimum Gasteiger partial charge on any atom is -0.457 e. The van der Waals surface area contributed by atoms with Crippen molar-refractivity contribution in [2.45, 2.75) is 13.0 Å². The summed E-state index contributed by atoms with van der Waals surface area (Å²) in [6.07, 6.45) is 0.0736. The topological polar surface area (TPSA) is 90.0 Å². The third-order valence-electron chi connectivity index (χ3n) is 5.22. The van der Waals surface area contributed by atoms with E-state index in [1.165, 1.54) is 35.6 Å². The second-order valence-corrected chi connectivity index (χ2v) is 8.53. The molecule has 4 rings (SSSR count). The van der Waals surface area contributed by atoms with Gasteiger partial charge >= 0.3 is 11.9 Å². The van der Waals surface area contributed by atoms with Gasteiger partial charge in [0.15, 0.2) is 12.4 Å². The van der Waals surface area contributed by atoms with Crippen LogP contribution in [0.3, 0.4) is 0 Å². The predicted octanol–water partition coefficient (Wildman–Crippen LogP) is 3.74. The first-order valence-electron chi connectivity index (χ1n) is 10.4. The molecule has 0 aliphatic carbocycles. The molecule has 1 unspecified atom stereocenters. The van der Waals surface area contributed by atoms with Crippen LogP contribution in [0.25, 0.3) is 0 Å². The van der Waals surface area contributed by atoms with E-state index in [4.69, 9.17) is 9.47 Å². The number of nitrogens with zero attached hydrogens (tertiary/aromatic N) is 1. The van der Waals surface area contributed by atoms with Crippen LogP contribution in [-0.4, -0.2) is 41.7 Å². The standard InChI is InChI=1S/C25H21NO6S/c27-21(18-8-10-20(11-9-18)32-25(30)22-7-4-12-33-22)16-31-24(29)19-13-23(28)26(15-19)14-17-5-2-1-3-6-17/h1-12,19H,13-16H2. The third kappa shape index (κ3) is 5.72. The minimum absolute atomic E-state index is 0.0736. The Morgan fingerprint density at radius 3 is 2.42 bits per heavy atom. The number of ketones is 1. The fraction of sp³-hybridized carbons (Fsp3) is 0.200. The van der Waals surface area contributed by atoms with Crippen molar-refractivity contribution in [3.05, 3.63) is 88.1 Å². The summed E-state index contributed by atoms with van der Waals surface area (Å²) in [5.74, 6) is -1.80. The van der Waals surface area contributed by atoms with E-state index in [2.05, 4.69) is 0 Å². The summed E-state index contributed by atoms with van der Waals surface area (Å²) in [7, 11) is 0. The van der Waals surface area contributed by atoms with Crippen LogP contribution in [-0.2, 0) is 20.9 Å². The SMILES string of the molecule is O=C(COC(=O)C1CC(=O)N(Cc2ccccc2)C1)c1ccc(OC(=O)c2cccs2)cc1. The van der Waals surface area contributed by atoms with E-state index < -0.39 is 24.5 Å². The number of likely N-dealkylation sites (tertiary alicyclic amines) is 1. The largest absolute Gasteiger partial charge is 0.457 e. The molecule has 168 valence electrons. The molecule has 0 spiro atoms. The van der Waals surface area contributed by atoms with Crippen LogP contribution in [0.4, 0.5) is 0 Å². The number of thiophene rings is 1. The zero-order valence-corrected chi connectivity index (χ0v) is 18.5. The van der Waals surface area contributed by atoms with Gasteiger partial charge in [-0.1, -0.05) is 36.4 Å². The van der Waals surface area contributed by atoms with E-state index in [9.17, 15) is 19.2 Å². The van der Waals surface area contributed by atoms with Crippen LogP contribution in [0.1, 0.15) is 32.0 Å². The Hall–Kier alpha value is -3.78. The number of rotatable bonds is 8. The molecule has 1 aliphatic rings. The van der Waals surface area contributed by atoms with Crippen LogP contribution in [0.5, 0.6) is 5.75 Å². The molecule has 0 saturated carbocycles. The minimum atomic E-state index is -0.590. The van der Waals surface area contributed by atoms with Gasteiger partial charge in [0.25, 0.3) is 0 Å². The molecule has 1 aliphatic heterocycles. The first-order valence-corrected chi connectivity index (χ1v) is 11.2. The van der Waals surface area contributed by atoms with Gasteiger partial charge in [0.05, 0.1) is 5.92 Å². The Labute approximate surface area is 194 Å². The van der Waals surface area contributed by atoms with Crippen molar-refractivity contribution in [2.75, 3.05) is 13.2 Å². The molecule has 3 aromatic rings. The zero-order valence-electron chi connectivity index (χ0n) is 17.6. The number of esters is 2. The number of Topliss-reactive ketones (excluding diaryl/α,β-unsaturated/α-hetero) is 1. The van der Waals surface area contributed by atoms with Gasteiger partial charge < -0.3 is 14.4 Å². The highest BCUT2D eigenvalue weighted by Gasteiger charge is 2.35. The number of carbonyl (C=O) groups is 4. The molecule has 1 saturated heterocycles. The van der Waals surface area contributed by atoms with Crippen molar-refractivity contribution in [3.8, 4) is 5.75 Å². The third-order valence-corrected chi connectivity index (χ3v) is 6.07. The van der Waals surface area contributed by atoms with Gasteiger partial charge in [0, 0.05) is 25.1 Å². The highest BCUT2D eigenvalue weighted by atomic mass is 32.1. The van der Waals surface area contributed by atoms with Gasteiger partial charge in [0.1, 0.15) is 10.6 Å². The molecule has 7 nitrogen and oxygen atoms in total. The van der Waals surface area contributed by atoms with Gasteiger partial charge in [0.2, 0.25) is 5.91 Å². The number of hydrogen-bond donors (Lipinski definition) is 0. The monoisotopic (exact) mass is 463 g/mol. The van der Waals surface area contributed by atoms with E-state index >= 15 is 0 Å². The quantitative estimate of drug-likeness (QED) is 0.287. The second-order valence-electron chi connectivity index (χ2n) is 7.58. The number of amides is 1. The lowest BCUT2D eigenvalue weighted by molar-refractivity contribution is -0.147. The smallest absolute Gasteiger partial charge is 0.353 e. The molecule has 2 heterocycles. The van der Waals surface area contributed by atoms with Gasteiger partial charge in [-0.2, -0.15) is 0 Å². The van der Waals surface area contributed by atoms with E-state index in [-0.39, 0.29) is 24.7 Å². The molecule has 1 amide bonds. The van der Waals surface area contributed by atoms with Gasteiger partial charge in [-0.05, 0) is 41.3 Å². The Kier molecular flexibility index (Phi) is 6.95. The molecule has 1 aromatic heterocycles. The number of carbonyl (C=O) groups excluding carboxylic acids is 4. The lowest BCUT2D eigenvalue weighted by Crippen LogP contribution is -2.27. The Morgan fingerprint density at radius 1 is 0.970 bits per heavy atom. The van der Waals surface area contributed by atoms with Gasteiger partial charge in [-0.25, -0.2) is 4.79 Å². The first kappa shape index (κ1) is 22.4. The normalized spacial score (nSPS) is 15.3. The summed E-state index contributed by atoms with van der Waals surface area (Å²) >= 11 is 1.28. The number of hydrogen-bond acceptors (Lipinski definition) is 7. The highest BCUT2D eigenvalue weighted by molar-refractivity contribution is 7.12. The molecule has 8 heteroatoms. The van der Waals surface area contributed by atoms with E-state index in [0.717, 1.165) is 5.56 Å². The molecular weight excluding hydrogens is 442 g/mol. The summed E-state index contributed by atoms with van der Waals surface area (Å²) in [6.45, 7) is 0.285. The number of ether oxygens (including phenoxy) is 2. The molecular formula is C25H21NO6S. The van der Waals surface area contributed by atoms with Crippen molar-refractivity contribution in [3.63, 3.8) is 0 Å². The van der Waals surface area contributed by atoms with E-state index in [0.29, 0.717) is 22.7 Å². The molecule has 1 atom stereocenters. The van der Waals surface area contributed by atoms with Crippen LogP contribution >= 0.6 is 11.3 Å². The molecule has 1 fully saturated rings. The molecule has 0 bridgehead atoms. The van der Waals surface area contributed by atoms with Crippen molar-refractivity contribution in [2.24, 2.45) is 5.92 Å². The van der Waals surface area contributed by atoms with Crippen LogP contribution in [0, 0.1) is 5.92 Å². The molecule has 2 aromatic carbocycles. The average molecular weight is 464 g/mol. The van der Waals surface area contributed by atoms with Crippen molar-refractivity contribution in [1.29, 1.82) is 0 Å². The lowest BCUT2D eigenvalue weighted by atomic mass is 10.1. The van der Waals surface area contributed by atoms with Crippen molar-refractivity contribution < 1.29 is 28.7 Å². The van der Waals surface area contributed by atoms with E-state index in [1.807, 2.05) is 30.3 Å². The van der Waals surface area contributed by atoms with Gasteiger partial charge in [-0.3, -0.25) is 14.4 Å². The second kappa shape index (κ2) is 10.2. The fourth-order valence-corrected chi connectivity index (χ4v) is 4.08. The predicted molar refractivity (Wildman–Crippen MR) is 121 cm³/mol. The van der Waals surface area contributed by atoms with E-state index in [1.54, 1.807) is 22.4 Å². The van der Waals surface area contributed by atoms with Crippen molar-refractivity contribution >= 4 is 35.0 Å². The zero-order chi connectivity index (χ0) is 23.2. The van der Waals surface area contributed by atoms with Crippen LogP contribution in [0.2, 0.25) is 0 Å². The summed E-state index contributed by atoms with van der Waals surface area (Å²) in [6, 6.07) is 19.0. The fourth-order valence-electron chi connectivity index (χ4n) is 3.49. The Balaban J connectivity index is 1.25. The summed E-state index contributed by atoms with van der Waals surface area (Å²) < 4.78 is 10.4. The lowest BCUT2D eigenvalue weighted by Gasteiger charge is -2.16. The summed E-state index contributed by atoms with van der Waals surface area (Å²) in [5, 5.41) is 1.78. The van der Waals surface area contributed by atoms with Crippen LogP contribution in [0.15, 0.2) is 72.1 Å². The maximum Gasteiger partial charge on any atom is 0.353 e. The summed E-state index contributed by atoms with van der Waals surface area (Å²) in [4.78, 5) is 51.1. The molecule has 0 radical (unpaired) electrons. The molecule has 33 heavy (non-hydrogen) atoms. The highest BCUT2D eigenvalue weighted by Crippen LogP contribution is 2.22. The number of benzene rings is 2. The Bertz CT molecular complexity index is 1140. The van der Waals surface area contributed by atoms with Gasteiger partial charge in [-0.15, -0.1) is 11.3 Å². The van der Waals surface area contributed by atoms with Crippen molar-refractivity contribution in [1.82, 2.24) is 4.90 Å². The Morgan fingerprint density at radius 2 is 1.73 bits per heavy atom. The summed E-state index contributed by atoms with van der Waals surface area (Å²) in [5.41, 5.74) is 1.31.